The van der Waals surface area contributed by atoms with Crippen LogP contribution < -0.4 is 10.6 Å². The number of rotatable bonds is 6. The van der Waals surface area contributed by atoms with Gasteiger partial charge in [-0.2, -0.15) is 0 Å². The van der Waals surface area contributed by atoms with Crippen LogP contribution in [0.15, 0.2) is 65.2 Å². The fraction of sp³-hybridized carbons (Fsp3) is 0.227. The van der Waals surface area contributed by atoms with Gasteiger partial charge >= 0.3 is 0 Å². The number of thiocarbonyl (C=S) groups is 1. The fourth-order valence-corrected chi connectivity index (χ4v) is 3.88. The van der Waals surface area contributed by atoms with E-state index in [2.05, 4.69) is 15.6 Å². The lowest BCUT2D eigenvalue weighted by Gasteiger charge is -2.25. The monoisotopic (exact) mass is 424 g/mol. The number of aromatic nitrogens is 1. The van der Waals surface area contributed by atoms with Crippen molar-refractivity contribution in [2.75, 3.05) is 11.9 Å². The van der Waals surface area contributed by atoms with Crippen molar-refractivity contribution in [3.8, 4) is 0 Å². The Hall–Kier alpha value is -3.26. The zero-order chi connectivity index (χ0) is 21.1. The van der Waals surface area contributed by atoms with Crippen LogP contribution in [0.25, 0.3) is 0 Å². The number of nitrogens with zero attached hydrogens (tertiary/aromatic N) is 2. The Morgan fingerprint density at radius 1 is 1.23 bits per heavy atom. The largest absolute Gasteiger partial charge is 0.464 e. The second-order valence-electron chi connectivity index (χ2n) is 7.07. The number of hydrogen-bond donors (Lipinski definition) is 2. The second-order valence-corrected chi connectivity index (χ2v) is 7.46. The summed E-state index contributed by atoms with van der Waals surface area (Å²) >= 11 is 5.57. The smallest absolute Gasteiger partial charge is 0.226 e. The number of pyridine rings is 1. The van der Waals surface area contributed by atoms with Crippen molar-refractivity contribution < 1.29 is 13.6 Å². The molecule has 1 aliphatic rings. The molecule has 0 bridgehead atoms. The third-order valence-electron chi connectivity index (χ3n) is 4.96. The number of carbonyl (C=O) groups is 1. The molecule has 0 unspecified atom stereocenters. The minimum atomic E-state index is -0.348. The van der Waals surface area contributed by atoms with Gasteiger partial charge in [-0.15, -0.1) is 0 Å². The molecule has 4 rings (SSSR count). The van der Waals surface area contributed by atoms with Crippen LogP contribution in [-0.2, 0) is 4.79 Å². The van der Waals surface area contributed by atoms with E-state index < -0.39 is 0 Å². The van der Waals surface area contributed by atoms with Gasteiger partial charge < -0.3 is 20.0 Å². The van der Waals surface area contributed by atoms with Gasteiger partial charge in [0.25, 0.3) is 0 Å². The van der Waals surface area contributed by atoms with E-state index in [-0.39, 0.29) is 30.2 Å². The molecule has 0 saturated carbocycles. The number of amides is 1. The van der Waals surface area contributed by atoms with Crippen LogP contribution in [0.2, 0.25) is 0 Å². The average Bonchev–Trinajstić information content (AvgIpc) is 3.31. The predicted molar refractivity (Wildman–Crippen MR) is 115 cm³/mol. The van der Waals surface area contributed by atoms with Crippen LogP contribution in [0, 0.1) is 12.7 Å². The van der Waals surface area contributed by atoms with E-state index in [1.165, 1.54) is 24.3 Å². The van der Waals surface area contributed by atoms with Crippen molar-refractivity contribution >= 4 is 28.9 Å². The van der Waals surface area contributed by atoms with E-state index >= 15 is 0 Å². The van der Waals surface area contributed by atoms with Crippen LogP contribution in [0.3, 0.4) is 0 Å². The standard InChI is InChI=1S/C22H21FN4O2S/c1-14-5-10-18(29-14)21-20(17-4-2-3-12-24-17)26-22(30)27(21)13-11-19(28)25-16-8-6-15(23)7-9-16/h2-10,12,20-21H,11,13H2,1H3,(H,25,28)(H,26,30)/t20-,21-/m0/s1. The molecule has 8 heteroatoms. The second kappa shape index (κ2) is 8.62. The molecule has 1 amide bonds. The Kier molecular flexibility index (Phi) is 5.76. The Bertz CT molecular complexity index is 1040. The summed E-state index contributed by atoms with van der Waals surface area (Å²) in [6.07, 6.45) is 1.95. The van der Waals surface area contributed by atoms with E-state index in [9.17, 15) is 9.18 Å². The molecule has 30 heavy (non-hydrogen) atoms. The van der Waals surface area contributed by atoms with Gasteiger partial charge in [-0.1, -0.05) is 6.07 Å². The first-order valence-corrected chi connectivity index (χ1v) is 10.0. The molecule has 1 fully saturated rings. The maximum absolute atomic E-state index is 13.0. The molecule has 1 aliphatic heterocycles. The van der Waals surface area contributed by atoms with Gasteiger partial charge in [0, 0.05) is 24.8 Å². The minimum absolute atomic E-state index is 0.180. The van der Waals surface area contributed by atoms with Crippen molar-refractivity contribution in [3.05, 3.63) is 83.8 Å². The summed E-state index contributed by atoms with van der Waals surface area (Å²) in [6, 6.07) is 14.8. The first kappa shape index (κ1) is 20.0. The van der Waals surface area contributed by atoms with E-state index in [1.54, 1.807) is 6.20 Å². The van der Waals surface area contributed by atoms with Crippen molar-refractivity contribution in [2.45, 2.75) is 25.4 Å². The van der Waals surface area contributed by atoms with E-state index in [1.807, 2.05) is 42.2 Å². The summed E-state index contributed by atoms with van der Waals surface area (Å²) in [5.74, 6) is 1.03. The lowest BCUT2D eigenvalue weighted by atomic mass is 10.0. The Labute approximate surface area is 179 Å². The van der Waals surface area contributed by atoms with E-state index in [0.29, 0.717) is 17.3 Å². The Morgan fingerprint density at radius 2 is 2.03 bits per heavy atom. The number of anilines is 1. The minimum Gasteiger partial charge on any atom is -0.464 e. The van der Waals surface area contributed by atoms with Crippen LogP contribution in [0.5, 0.6) is 0 Å². The van der Waals surface area contributed by atoms with E-state index in [4.69, 9.17) is 16.6 Å². The molecule has 0 radical (unpaired) electrons. The molecule has 3 heterocycles. The molecule has 2 atom stereocenters. The summed E-state index contributed by atoms with van der Waals surface area (Å²) < 4.78 is 19.0. The van der Waals surface area contributed by atoms with Crippen molar-refractivity contribution in [3.63, 3.8) is 0 Å². The van der Waals surface area contributed by atoms with Crippen LogP contribution in [0.4, 0.5) is 10.1 Å². The van der Waals surface area contributed by atoms with E-state index in [0.717, 1.165) is 17.2 Å². The fourth-order valence-electron chi connectivity index (χ4n) is 3.55. The molecular weight excluding hydrogens is 403 g/mol. The Balaban J connectivity index is 1.51. The highest BCUT2D eigenvalue weighted by atomic mass is 32.1. The number of aryl methyl sites for hydroxylation is 1. The van der Waals surface area contributed by atoms with Crippen LogP contribution in [0.1, 0.15) is 35.7 Å². The quantitative estimate of drug-likeness (QED) is 0.580. The summed E-state index contributed by atoms with van der Waals surface area (Å²) in [5, 5.41) is 6.64. The SMILES string of the molecule is Cc1ccc([C@H]2[C@H](c3ccccn3)NC(=S)N2CCC(=O)Nc2ccc(F)cc2)o1. The number of benzene rings is 1. The molecule has 0 aliphatic carbocycles. The molecule has 0 spiro atoms. The Morgan fingerprint density at radius 3 is 2.70 bits per heavy atom. The maximum atomic E-state index is 13.0. The van der Waals surface area contributed by atoms with Gasteiger partial charge in [0.05, 0.1) is 11.7 Å². The normalized spacial score (nSPS) is 18.3. The zero-order valence-corrected chi connectivity index (χ0v) is 17.2. The zero-order valence-electron chi connectivity index (χ0n) is 16.3. The third-order valence-corrected chi connectivity index (χ3v) is 5.31. The maximum Gasteiger partial charge on any atom is 0.226 e. The van der Waals surface area contributed by atoms with Crippen LogP contribution in [-0.4, -0.2) is 27.4 Å². The first-order chi connectivity index (χ1) is 14.5. The third kappa shape index (κ3) is 4.33. The molecular formula is C22H21FN4O2S. The van der Waals surface area contributed by atoms with Gasteiger partial charge in [-0.3, -0.25) is 9.78 Å². The van der Waals surface area contributed by atoms with Gasteiger partial charge in [-0.25, -0.2) is 4.39 Å². The highest BCUT2D eigenvalue weighted by molar-refractivity contribution is 7.80. The molecule has 1 saturated heterocycles. The first-order valence-electron chi connectivity index (χ1n) is 9.61. The topological polar surface area (TPSA) is 70.4 Å². The van der Waals surface area contributed by atoms with Gasteiger partial charge in [0.15, 0.2) is 5.11 Å². The van der Waals surface area contributed by atoms with Gasteiger partial charge in [-0.05, 0) is 67.7 Å². The van der Waals surface area contributed by atoms with Crippen molar-refractivity contribution in [1.82, 2.24) is 15.2 Å². The van der Waals surface area contributed by atoms with Gasteiger partial charge in [0.1, 0.15) is 23.4 Å². The molecule has 2 N–H and O–H groups in total. The number of halogens is 1. The number of carbonyl (C=O) groups excluding carboxylic acids is 1. The van der Waals surface area contributed by atoms with Crippen molar-refractivity contribution in [1.29, 1.82) is 0 Å². The van der Waals surface area contributed by atoms with Crippen LogP contribution >= 0.6 is 12.2 Å². The number of nitrogens with one attached hydrogen (secondary N) is 2. The lowest BCUT2D eigenvalue weighted by molar-refractivity contribution is -0.116. The molecule has 154 valence electrons. The average molecular weight is 425 g/mol. The van der Waals surface area contributed by atoms with Gasteiger partial charge in [0.2, 0.25) is 5.91 Å². The summed E-state index contributed by atoms with van der Waals surface area (Å²) in [5.41, 5.74) is 1.39. The molecule has 3 aromatic rings. The lowest BCUT2D eigenvalue weighted by Crippen LogP contribution is -2.32. The summed E-state index contributed by atoms with van der Waals surface area (Å²) in [4.78, 5) is 18.9. The predicted octanol–water partition coefficient (Wildman–Crippen LogP) is 4.12. The van der Waals surface area contributed by atoms with Crippen molar-refractivity contribution in [2.24, 2.45) is 0 Å². The molecule has 2 aromatic heterocycles. The highest BCUT2D eigenvalue weighted by Crippen LogP contribution is 2.39. The summed E-state index contributed by atoms with van der Waals surface area (Å²) in [7, 11) is 0. The highest BCUT2D eigenvalue weighted by Gasteiger charge is 2.41. The summed E-state index contributed by atoms with van der Waals surface area (Å²) in [6.45, 7) is 2.28. The molecule has 6 nitrogen and oxygen atoms in total. The molecule has 1 aromatic carbocycles. The number of furan rings is 1. The number of hydrogen-bond acceptors (Lipinski definition) is 4.